The molecule has 1 amide bonds. The summed E-state index contributed by atoms with van der Waals surface area (Å²) in [6, 6.07) is -0.129. The normalized spacial score (nSPS) is 38.9. The fraction of sp³-hybridized carbons (Fsp3) is 0.857. The minimum absolute atomic E-state index is 0.00711. The number of carboxylic acids is 1. The minimum atomic E-state index is -0.825. The van der Waals surface area contributed by atoms with E-state index >= 15 is 0 Å². The summed E-state index contributed by atoms with van der Waals surface area (Å²) in [7, 11) is 0. The molecule has 4 N–H and O–H groups in total. The molecule has 0 aliphatic heterocycles. The van der Waals surface area contributed by atoms with E-state index in [1.807, 2.05) is 0 Å². The summed E-state index contributed by atoms with van der Waals surface area (Å²) in [5, 5.41) is 12.4. The standard InChI is InChI=1S/C14H24N2O3/c1-14(13(18)19)7-3-2-4-11(14)16-12(17)9-5-6-10(15)8-9/h9-11H,2-8,15H2,1H3,(H,16,17)(H,18,19). The summed E-state index contributed by atoms with van der Waals surface area (Å²) in [6.45, 7) is 1.75. The van der Waals surface area contributed by atoms with Crippen LogP contribution in [0, 0.1) is 11.3 Å². The predicted octanol–water partition coefficient (Wildman–Crippen LogP) is 1.26. The lowest BCUT2D eigenvalue weighted by Gasteiger charge is -2.38. The number of rotatable bonds is 3. The van der Waals surface area contributed by atoms with E-state index in [2.05, 4.69) is 5.32 Å². The third-order valence-corrected chi connectivity index (χ3v) is 4.86. The molecule has 19 heavy (non-hydrogen) atoms. The monoisotopic (exact) mass is 268 g/mol. The van der Waals surface area contributed by atoms with Gasteiger partial charge in [-0.05, 0) is 39.0 Å². The van der Waals surface area contributed by atoms with Crippen LogP contribution in [0.2, 0.25) is 0 Å². The Labute approximate surface area is 113 Å². The van der Waals surface area contributed by atoms with E-state index in [0.717, 1.165) is 38.5 Å². The van der Waals surface area contributed by atoms with Gasteiger partial charge in [0.2, 0.25) is 5.91 Å². The van der Waals surface area contributed by atoms with E-state index in [1.165, 1.54) is 0 Å². The Morgan fingerprint density at radius 3 is 2.58 bits per heavy atom. The molecule has 2 fully saturated rings. The zero-order valence-corrected chi connectivity index (χ0v) is 11.5. The first-order chi connectivity index (χ1) is 8.93. The van der Waals surface area contributed by atoms with E-state index in [9.17, 15) is 14.7 Å². The Bertz CT molecular complexity index is 372. The van der Waals surface area contributed by atoms with Crippen LogP contribution in [-0.2, 0) is 9.59 Å². The number of carbonyl (C=O) groups is 2. The number of carboxylic acid groups (broad SMARTS) is 1. The van der Waals surface area contributed by atoms with Gasteiger partial charge in [-0.15, -0.1) is 0 Å². The fourth-order valence-electron chi connectivity index (χ4n) is 3.37. The van der Waals surface area contributed by atoms with Gasteiger partial charge >= 0.3 is 5.97 Å². The van der Waals surface area contributed by atoms with Crippen LogP contribution in [0.3, 0.4) is 0 Å². The van der Waals surface area contributed by atoms with Gasteiger partial charge in [-0.1, -0.05) is 12.8 Å². The van der Waals surface area contributed by atoms with Gasteiger partial charge in [0, 0.05) is 18.0 Å². The first-order valence-corrected chi connectivity index (χ1v) is 7.23. The number of hydrogen-bond donors (Lipinski definition) is 3. The van der Waals surface area contributed by atoms with E-state index in [0.29, 0.717) is 6.42 Å². The lowest BCUT2D eigenvalue weighted by atomic mass is 9.71. The SMILES string of the molecule is CC1(C(=O)O)CCCCC1NC(=O)C1CCC(N)C1. The second-order valence-corrected chi connectivity index (χ2v) is 6.30. The molecule has 2 rings (SSSR count). The molecule has 0 bridgehead atoms. The number of aliphatic carboxylic acids is 1. The van der Waals surface area contributed by atoms with Crippen LogP contribution < -0.4 is 11.1 Å². The summed E-state index contributed by atoms with van der Waals surface area (Å²) in [5.41, 5.74) is 5.00. The molecule has 0 aromatic rings. The van der Waals surface area contributed by atoms with Crippen LogP contribution in [0.1, 0.15) is 51.9 Å². The molecular weight excluding hydrogens is 244 g/mol. The van der Waals surface area contributed by atoms with E-state index in [1.54, 1.807) is 6.92 Å². The summed E-state index contributed by atoms with van der Waals surface area (Å²) >= 11 is 0. The van der Waals surface area contributed by atoms with Gasteiger partial charge in [0.25, 0.3) is 0 Å². The minimum Gasteiger partial charge on any atom is -0.481 e. The molecule has 2 saturated carbocycles. The maximum absolute atomic E-state index is 12.2. The maximum Gasteiger partial charge on any atom is 0.311 e. The Hall–Kier alpha value is -1.10. The van der Waals surface area contributed by atoms with Crippen molar-refractivity contribution in [1.29, 1.82) is 0 Å². The highest BCUT2D eigenvalue weighted by atomic mass is 16.4. The number of amides is 1. The van der Waals surface area contributed by atoms with Crippen LogP contribution in [0.25, 0.3) is 0 Å². The van der Waals surface area contributed by atoms with Crippen LogP contribution >= 0.6 is 0 Å². The van der Waals surface area contributed by atoms with Crippen LogP contribution in [-0.4, -0.2) is 29.1 Å². The number of hydrogen-bond acceptors (Lipinski definition) is 3. The van der Waals surface area contributed by atoms with Crippen LogP contribution in [0.4, 0.5) is 0 Å². The highest BCUT2D eigenvalue weighted by Gasteiger charge is 2.44. The number of carbonyl (C=O) groups excluding carboxylic acids is 1. The van der Waals surface area contributed by atoms with E-state index in [4.69, 9.17) is 5.73 Å². The maximum atomic E-state index is 12.2. The van der Waals surface area contributed by atoms with Gasteiger partial charge in [-0.25, -0.2) is 0 Å². The third kappa shape index (κ3) is 2.91. The van der Waals surface area contributed by atoms with Crippen molar-refractivity contribution in [2.75, 3.05) is 0 Å². The van der Waals surface area contributed by atoms with Crippen LogP contribution in [0.15, 0.2) is 0 Å². The number of nitrogens with one attached hydrogen (secondary N) is 1. The zero-order valence-electron chi connectivity index (χ0n) is 11.5. The highest BCUT2D eigenvalue weighted by molar-refractivity contribution is 5.81. The Morgan fingerprint density at radius 1 is 1.26 bits per heavy atom. The molecule has 5 nitrogen and oxygen atoms in total. The Kier molecular flexibility index (Phi) is 4.13. The molecule has 108 valence electrons. The van der Waals surface area contributed by atoms with Gasteiger partial charge in [-0.3, -0.25) is 9.59 Å². The smallest absolute Gasteiger partial charge is 0.311 e. The molecule has 4 unspecified atom stereocenters. The van der Waals surface area contributed by atoms with Crippen molar-refractivity contribution in [3.05, 3.63) is 0 Å². The van der Waals surface area contributed by atoms with Crippen LogP contribution in [0.5, 0.6) is 0 Å². The average molecular weight is 268 g/mol. The summed E-state index contributed by atoms with van der Waals surface area (Å²) in [5.74, 6) is -0.845. The van der Waals surface area contributed by atoms with Crippen molar-refractivity contribution in [3.8, 4) is 0 Å². The molecule has 4 atom stereocenters. The van der Waals surface area contributed by atoms with Gasteiger partial charge in [0.1, 0.15) is 0 Å². The van der Waals surface area contributed by atoms with Gasteiger partial charge in [0.05, 0.1) is 5.41 Å². The second kappa shape index (κ2) is 5.49. The van der Waals surface area contributed by atoms with Crippen molar-refractivity contribution in [3.63, 3.8) is 0 Å². The molecule has 0 aromatic carbocycles. The fourth-order valence-corrected chi connectivity index (χ4v) is 3.37. The van der Waals surface area contributed by atoms with Crippen molar-refractivity contribution in [2.24, 2.45) is 17.1 Å². The topological polar surface area (TPSA) is 92.4 Å². The highest BCUT2D eigenvalue weighted by Crippen LogP contribution is 2.37. The molecule has 0 heterocycles. The summed E-state index contributed by atoms with van der Waals surface area (Å²) in [4.78, 5) is 23.7. The molecule has 2 aliphatic carbocycles. The first kappa shape index (κ1) is 14.3. The quantitative estimate of drug-likeness (QED) is 0.718. The van der Waals surface area contributed by atoms with Gasteiger partial charge in [-0.2, -0.15) is 0 Å². The lowest BCUT2D eigenvalue weighted by Crippen LogP contribution is -2.53. The van der Waals surface area contributed by atoms with Gasteiger partial charge < -0.3 is 16.2 Å². The van der Waals surface area contributed by atoms with Crippen molar-refractivity contribution in [1.82, 2.24) is 5.32 Å². The van der Waals surface area contributed by atoms with Crippen molar-refractivity contribution in [2.45, 2.75) is 64.0 Å². The largest absolute Gasteiger partial charge is 0.481 e. The van der Waals surface area contributed by atoms with Gasteiger partial charge in [0.15, 0.2) is 0 Å². The zero-order chi connectivity index (χ0) is 14.0. The molecule has 0 aromatic heterocycles. The molecule has 2 aliphatic rings. The van der Waals surface area contributed by atoms with Crippen molar-refractivity contribution < 1.29 is 14.7 Å². The Morgan fingerprint density at radius 2 is 2.00 bits per heavy atom. The summed E-state index contributed by atoms with van der Waals surface area (Å²) in [6.07, 6.45) is 5.73. The molecule has 0 spiro atoms. The number of nitrogens with two attached hydrogens (primary N) is 1. The first-order valence-electron chi connectivity index (χ1n) is 7.23. The van der Waals surface area contributed by atoms with E-state index in [-0.39, 0.29) is 23.9 Å². The molecule has 0 radical (unpaired) electrons. The third-order valence-electron chi connectivity index (χ3n) is 4.86. The predicted molar refractivity (Wildman–Crippen MR) is 71.5 cm³/mol. The molecular formula is C14H24N2O3. The van der Waals surface area contributed by atoms with Crippen molar-refractivity contribution >= 4 is 11.9 Å². The summed E-state index contributed by atoms with van der Waals surface area (Å²) < 4.78 is 0. The Balaban J connectivity index is 2.00. The average Bonchev–Trinajstić information content (AvgIpc) is 2.79. The molecule has 5 heteroatoms. The lowest BCUT2D eigenvalue weighted by molar-refractivity contribution is -0.152. The molecule has 0 saturated heterocycles. The van der Waals surface area contributed by atoms with E-state index < -0.39 is 11.4 Å². The second-order valence-electron chi connectivity index (χ2n) is 6.30.